The van der Waals surface area contributed by atoms with E-state index < -0.39 is 0 Å². The maximum atomic E-state index is 5.77. The van der Waals surface area contributed by atoms with Gasteiger partial charge in [-0.15, -0.1) is 11.6 Å². The topological polar surface area (TPSA) is 21.1 Å². The monoisotopic (exact) mass is 225 g/mol. The van der Waals surface area contributed by atoms with Gasteiger partial charge in [0.15, 0.2) is 0 Å². The molecule has 0 N–H and O–H groups in total. The summed E-state index contributed by atoms with van der Waals surface area (Å²) in [5, 5.41) is 0. The van der Waals surface area contributed by atoms with Crippen LogP contribution in [0.3, 0.4) is 0 Å². The smallest absolute Gasteiger partial charge is 0.0953 e. The Kier molecular flexibility index (Phi) is 2.45. The highest BCUT2D eigenvalue weighted by Gasteiger charge is 2.37. The Bertz CT molecular complexity index is 349. The number of hydrogen-bond acceptors (Lipinski definition) is 2. The fraction of sp³-hybridized carbons (Fsp3) is 0.727. The molecule has 2 aliphatic heterocycles. The maximum Gasteiger partial charge on any atom is 0.0953 e. The van der Waals surface area contributed by atoms with Crippen LogP contribution in [0.4, 0.5) is 0 Å². The highest BCUT2D eigenvalue weighted by Crippen LogP contribution is 2.35. The molecule has 0 aliphatic carbocycles. The normalized spacial score (nSPS) is 31.0. The molecule has 0 aromatic carbocycles. The third-order valence-electron chi connectivity index (χ3n) is 3.75. The summed E-state index contributed by atoms with van der Waals surface area (Å²) >= 11 is 5.77. The molecule has 2 atom stereocenters. The van der Waals surface area contributed by atoms with Gasteiger partial charge in [0, 0.05) is 18.8 Å². The van der Waals surface area contributed by atoms with E-state index in [2.05, 4.69) is 20.6 Å². The Balaban J connectivity index is 1.81. The molecule has 2 saturated heterocycles. The van der Waals surface area contributed by atoms with E-state index in [1.165, 1.54) is 32.4 Å². The summed E-state index contributed by atoms with van der Waals surface area (Å²) < 4.78 is 2.27. The van der Waals surface area contributed by atoms with Gasteiger partial charge in [-0.3, -0.25) is 4.90 Å². The molecular weight excluding hydrogens is 210 g/mol. The molecule has 3 heterocycles. The summed E-state index contributed by atoms with van der Waals surface area (Å²) in [7, 11) is 0. The molecule has 3 nitrogen and oxygen atoms in total. The first kappa shape index (κ1) is 9.67. The van der Waals surface area contributed by atoms with Gasteiger partial charge < -0.3 is 4.57 Å². The van der Waals surface area contributed by atoms with Crippen LogP contribution in [0.5, 0.6) is 0 Å². The molecule has 1 aromatic rings. The van der Waals surface area contributed by atoms with Crippen LogP contribution in [0.15, 0.2) is 12.5 Å². The van der Waals surface area contributed by atoms with E-state index in [0.717, 1.165) is 11.7 Å². The van der Waals surface area contributed by atoms with Crippen molar-refractivity contribution in [1.29, 1.82) is 0 Å². The first-order valence-corrected chi connectivity index (χ1v) is 6.24. The van der Waals surface area contributed by atoms with E-state index in [4.69, 9.17) is 11.6 Å². The third-order valence-corrected chi connectivity index (χ3v) is 4.02. The number of hydrogen-bond donors (Lipinski definition) is 0. The molecule has 1 aromatic heterocycles. The molecule has 0 bridgehead atoms. The molecule has 0 amide bonds. The summed E-state index contributed by atoms with van der Waals surface area (Å²) in [5.74, 6) is 0.522. The van der Waals surface area contributed by atoms with Gasteiger partial charge in [-0.1, -0.05) is 0 Å². The Hall–Kier alpha value is -0.540. The van der Waals surface area contributed by atoms with Crippen molar-refractivity contribution >= 4 is 11.6 Å². The van der Waals surface area contributed by atoms with Gasteiger partial charge in [0.25, 0.3) is 0 Å². The molecule has 3 rings (SSSR count). The lowest BCUT2D eigenvalue weighted by molar-refractivity contribution is 0.290. The Morgan fingerprint density at radius 2 is 2.27 bits per heavy atom. The Morgan fingerprint density at radius 1 is 1.33 bits per heavy atom. The van der Waals surface area contributed by atoms with Crippen molar-refractivity contribution in [3.63, 3.8) is 0 Å². The van der Waals surface area contributed by atoms with Crippen molar-refractivity contribution in [2.45, 2.75) is 37.2 Å². The first-order chi connectivity index (χ1) is 7.38. The van der Waals surface area contributed by atoms with Crippen molar-refractivity contribution < 1.29 is 0 Å². The van der Waals surface area contributed by atoms with Crippen molar-refractivity contribution in [1.82, 2.24) is 14.5 Å². The average molecular weight is 226 g/mol. The second-order valence-corrected chi connectivity index (χ2v) is 4.81. The molecule has 0 spiro atoms. The number of nitrogens with zero attached hydrogens (tertiary/aromatic N) is 3. The zero-order valence-corrected chi connectivity index (χ0v) is 9.53. The molecular formula is C11H16ClN3. The van der Waals surface area contributed by atoms with Gasteiger partial charge >= 0.3 is 0 Å². The lowest BCUT2D eigenvalue weighted by Gasteiger charge is -2.20. The van der Waals surface area contributed by atoms with Crippen LogP contribution in [0.1, 0.15) is 31.0 Å². The van der Waals surface area contributed by atoms with Gasteiger partial charge in [-0.25, -0.2) is 4.98 Å². The fourth-order valence-corrected chi connectivity index (χ4v) is 3.17. The number of rotatable bonds is 2. The summed E-state index contributed by atoms with van der Waals surface area (Å²) in [4.78, 5) is 6.92. The van der Waals surface area contributed by atoms with Crippen molar-refractivity contribution in [2.24, 2.45) is 0 Å². The molecule has 82 valence electrons. The maximum absolute atomic E-state index is 5.77. The number of alkyl halides is 1. The van der Waals surface area contributed by atoms with E-state index in [-0.39, 0.29) is 0 Å². The molecule has 2 aliphatic rings. The standard InChI is InChI=1S/C11H16ClN3/c12-6-9-7-15(8-13-9)11-3-5-14-4-1-2-10(11)14/h7-8,10-11H,1-6H2. The van der Waals surface area contributed by atoms with Gasteiger partial charge in [-0.05, 0) is 25.8 Å². The van der Waals surface area contributed by atoms with Gasteiger partial charge in [0.05, 0.1) is 23.9 Å². The minimum Gasteiger partial charge on any atom is -0.332 e. The first-order valence-electron chi connectivity index (χ1n) is 5.71. The predicted molar refractivity (Wildman–Crippen MR) is 60.0 cm³/mol. The van der Waals surface area contributed by atoms with E-state index >= 15 is 0 Å². The van der Waals surface area contributed by atoms with Crippen molar-refractivity contribution in [3.8, 4) is 0 Å². The zero-order chi connectivity index (χ0) is 10.3. The summed E-state index contributed by atoms with van der Waals surface area (Å²) in [6, 6.07) is 1.39. The highest BCUT2D eigenvalue weighted by atomic mass is 35.5. The van der Waals surface area contributed by atoms with E-state index in [1.54, 1.807) is 0 Å². The number of halogens is 1. The lowest BCUT2D eigenvalue weighted by Crippen LogP contribution is -2.27. The molecule has 4 heteroatoms. The predicted octanol–water partition coefficient (Wildman–Crippen LogP) is 2.03. The average Bonchev–Trinajstić information content (AvgIpc) is 2.92. The lowest BCUT2D eigenvalue weighted by atomic mass is 10.1. The van der Waals surface area contributed by atoms with Gasteiger partial charge in [0.2, 0.25) is 0 Å². The summed E-state index contributed by atoms with van der Waals surface area (Å²) in [5.41, 5.74) is 0.994. The second-order valence-electron chi connectivity index (χ2n) is 4.55. The number of aromatic nitrogens is 2. The Labute approximate surface area is 95.0 Å². The Morgan fingerprint density at radius 3 is 3.07 bits per heavy atom. The van der Waals surface area contributed by atoms with Crippen LogP contribution in [-0.2, 0) is 5.88 Å². The van der Waals surface area contributed by atoms with Crippen LogP contribution in [0.2, 0.25) is 0 Å². The highest BCUT2D eigenvalue weighted by molar-refractivity contribution is 6.16. The zero-order valence-electron chi connectivity index (χ0n) is 8.77. The number of imidazole rings is 1. The molecule has 0 saturated carbocycles. The van der Waals surface area contributed by atoms with Crippen LogP contribution in [-0.4, -0.2) is 33.6 Å². The van der Waals surface area contributed by atoms with Crippen LogP contribution in [0.25, 0.3) is 0 Å². The molecule has 15 heavy (non-hydrogen) atoms. The molecule has 2 unspecified atom stereocenters. The van der Waals surface area contributed by atoms with E-state index in [9.17, 15) is 0 Å². The van der Waals surface area contributed by atoms with Crippen LogP contribution in [0, 0.1) is 0 Å². The molecule has 0 radical (unpaired) electrons. The van der Waals surface area contributed by atoms with Crippen LogP contribution < -0.4 is 0 Å². The van der Waals surface area contributed by atoms with Gasteiger partial charge in [-0.2, -0.15) is 0 Å². The SMILES string of the molecule is ClCc1cn(C2CCN3CCCC23)cn1. The molecule has 2 fully saturated rings. The van der Waals surface area contributed by atoms with Crippen LogP contribution >= 0.6 is 11.6 Å². The van der Waals surface area contributed by atoms with Crippen molar-refractivity contribution in [2.75, 3.05) is 13.1 Å². The van der Waals surface area contributed by atoms with E-state index in [0.29, 0.717) is 11.9 Å². The minimum atomic E-state index is 0.522. The third kappa shape index (κ3) is 1.58. The van der Waals surface area contributed by atoms with Crippen molar-refractivity contribution in [3.05, 3.63) is 18.2 Å². The largest absolute Gasteiger partial charge is 0.332 e. The fourth-order valence-electron chi connectivity index (χ4n) is 3.03. The van der Waals surface area contributed by atoms with E-state index in [1.807, 2.05) is 6.33 Å². The second kappa shape index (κ2) is 3.80. The summed E-state index contributed by atoms with van der Waals surface area (Å²) in [6.45, 7) is 2.54. The quantitative estimate of drug-likeness (QED) is 0.719. The number of fused-ring (bicyclic) bond motifs is 1. The summed E-state index contributed by atoms with van der Waals surface area (Å²) in [6.07, 6.45) is 8.03. The minimum absolute atomic E-state index is 0.522. The van der Waals surface area contributed by atoms with Gasteiger partial charge in [0.1, 0.15) is 0 Å².